The molecule has 2 atom stereocenters. The maximum absolute atomic E-state index is 11.3. The van der Waals surface area contributed by atoms with Crippen LogP contribution < -0.4 is 4.90 Å². The van der Waals surface area contributed by atoms with Gasteiger partial charge in [-0.3, -0.25) is 4.90 Å². The number of hydrogen-bond acceptors (Lipinski definition) is 5. The fourth-order valence-corrected chi connectivity index (χ4v) is 3.86. The molecule has 2 saturated heterocycles. The molecule has 4 rings (SSSR count). The van der Waals surface area contributed by atoms with Gasteiger partial charge in [0.1, 0.15) is 5.75 Å². The van der Waals surface area contributed by atoms with E-state index < -0.39 is 6.09 Å². The number of piperazine rings is 1. The van der Waals surface area contributed by atoms with Crippen molar-refractivity contribution in [1.29, 1.82) is 0 Å². The molecular weight excluding hydrogens is 354 g/mol. The van der Waals surface area contributed by atoms with Crippen molar-refractivity contribution in [3.05, 3.63) is 16.6 Å². The van der Waals surface area contributed by atoms with Gasteiger partial charge < -0.3 is 19.5 Å². The number of phenolic OH excluding ortho intramolecular Hbond substituents is 1. The minimum absolute atomic E-state index is 0.0247. The minimum atomic E-state index is -0.856. The number of hydrogen-bond donors (Lipinski definition) is 2. The monoisotopic (exact) mass is 367 g/mol. The van der Waals surface area contributed by atoms with Crippen LogP contribution in [0.25, 0.3) is 11.1 Å². The lowest BCUT2D eigenvalue weighted by atomic mass is 10.2. The first-order valence-corrected chi connectivity index (χ1v) is 7.88. The van der Waals surface area contributed by atoms with Gasteiger partial charge in [0.15, 0.2) is 11.1 Å². The Labute approximate surface area is 134 Å². The van der Waals surface area contributed by atoms with E-state index in [0.29, 0.717) is 30.2 Å². The molecule has 0 aliphatic carbocycles. The Balaban J connectivity index is 1.68. The molecule has 2 unspecified atom stereocenters. The quantitative estimate of drug-likeness (QED) is 0.804. The van der Waals surface area contributed by atoms with Crippen LogP contribution in [0.15, 0.2) is 21.0 Å². The van der Waals surface area contributed by atoms with Gasteiger partial charge >= 0.3 is 6.09 Å². The summed E-state index contributed by atoms with van der Waals surface area (Å²) in [6.45, 7) is 1.13. The number of fused-ring (bicyclic) bond motifs is 3. The summed E-state index contributed by atoms with van der Waals surface area (Å²) in [6.07, 6.45) is 0.871. The molecule has 1 aromatic carbocycles. The average molecular weight is 368 g/mol. The third-order valence-corrected chi connectivity index (χ3v) is 5.06. The zero-order valence-corrected chi connectivity index (χ0v) is 13.2. The second-order valence-corrected chi connectivity index (χ2v) is 6.57. The van der Waals surface area contributed by atoms with E-state index in [9.17, 15) is 15.0 Å². The summed E-state index contributed by atoms with van der Waals surface area (Å²) in [7, 11) is 0. The number of aromatic hydroxyl groups is 1. The summed E-state index contributed by atoms with van der Waals surface area (Å²) in [5, 5.41) is 19.2. The molecule has 0 spiro atoms. The molecule has 2 N–H and O–H groups in total. The van der Waals surface area contributed by atoms with Crippen LogP contribution in [0.3, 0.4) is 0 Å². The zero-order valence-electron chi connectivity index (χ0n) is 11.6. The molecule has 0 radical (unpaired) electrons. The number of rotatable bonds is 1. The van der Waals surface area contributed by atoms with Gasteiger partial charge in [0.25, 0.3) is 6.01 Å². The van der Waals surface area contributed by atoms with Crippen molar-refractivity contribution in [1.82, 2.24) is 9.88 Å². The summed E-state index contributed by atoms with van der Waals surface area (Å²) >= 11 is 3.38. The number of anilines is 1. The van der Waals surface area contributed by atoms with Crippen LogP contribution in [-0.2, 0) is 0 Å². The number of aromatic nitrogens is 1. The lowest BCUT2D eigenvalue weighted by Gasteiger charge is -2.38. The highest BCUT2D eigenvalue weighted by Crippen LogP contribution is 2.37. The molecule has 2 aliphatic rings. The third kappa shape index (κ3) is 1.93. The van der Waals surface area contributed by atoms with Crippen LogP contribution in [0, 0.1) is 0 Å². The molecule has 1 amide bonds. The Morgan fingerprint density at radius 2 is 2.00 bits per heavy atom. The summed E-state index contributed by atoms with van der Waals surface area (Å²) in [4.78, 5) is 19.2. The molecule has 7 nitrogen and oxygen atoms in total. The first kappa shape index (κ1) is 13.7. The highest BCUT2D eigenvalue weighted by Gasteiger charge is 2.43. The van der Waals surface area contributed by atoms with Crippen molar-refractivity contribution >= 4 is 39.1 Å². The van der Waals surface area contributed by atoms with Gasteiger partial charge in [-0.1, -0.05) is 0 Å². The van der Waals surface area contributed by atoms with Crippen LogP contribution >= 0.6 is 15.9 Å². The van der Waals surface area contributed by atoms with E-state index in [0.717, 1.165) is 17.3 Å². The van der Waals surface area contributed by atoms with E-state index in [4.69, 9.17) is 4.42 Å². The second kappa shape index (κ2) is 4.77. The molecule has 3 heterocycles. The van der Waals surface area contributed by atoms with Crippen LogP contribution in [-0.4, -0.2) is 51.4 Å². The van der Waals surface area contributed by atoms with E-state index in [1.807, 2.05) is 4.90 Å². The van der Waals surface area contributed by atoms with Gasteiger partial charge in [0.05, 0.1) is 16.6 Å². The van der Waals surface area contributed by atoms with Crippen molar-refractivity contribution in [2.24, 2.45) is 0 Å². The molecule has 22 heavy (non-hydrogen) atoms. The van der Waals surface area contributed by atoms with Gasteiger partial charge in [-0.15, -0.1) is 0 Å². The van der Waals surface area contributed by atoms with Gasteiger partial charge in [0.2, 0.25) is 0 Å². The Hall–Kier alpha value is -1.96. The van der Waals surface area contributed by atoms with E-state index in [1.54, 1.807) is 17.0 Å². The van der Waals surface area contributed by atoms with Crippen molar-refractivity contribution in [2.75, 3.05) is 18.0 Å². The summed E-state index contributed by atoms with van der Waals surface area (Å²) in [5.74, 6) is 0.0698. The second-order valence-electron chi connectivity index (χ2n) is 5.72. The minimum Gasteiger partial charge on any atom is -0.506 e. The van der Waals surface area contributed by atoms with Gasteiger partial charge in [-0.2, -0.15) is 4.98 Å². The zero-order chi connectivity index (χ0) is 15.4. The Morgan fingerprint density at radius 1 is 1.32 bits per heavy atom. The molecule has 2 aliphatic heterocycles. The highest BCUT2D eigenvalue weighted by molar-refractivity contribution is 9.10. The van der Waals surface area contributed by atoms with Gasteiger partial charge in [-0.25, -0.2) is 4.79 Å². The lowest BCUT2D eigenvalue weighted by Crippen LogP contribution is -2.55. The van der Waals surface area contributed by atoms with Crippen LogP contribution in [0.1, 0.15) is 12.8 Å². The molecule has 2 fully saturated rings. The first-order valence-electron chi connectivity index (χ1n) is 7.09. The van der Waals surface area contributed by atoms with Crippen LogP contribution in [0.4, 0.5) is 10.8 Å². The average Bonchev–Trinajstić information content (AvgIpc) is 3.04. The number of benzene rings is 1. The van der Waals surface area contributed by atoms with Crippen LogP contribution in [0.5, 0.6) is 5.75 Å². The molecule has 2 aromatic rings. The Kier molecular flexibility index (Phi) is 2.97. The normalized spacial score (nSPS) is 24.2. The van der Waals surface area contributed by atoms with Crippen LogP contribution in [0.2, 0.25) is 0 Å². The van der Waals surface area contributed by atoms with E-state index in [2.05, 4.69) is 20.9 Å². The lowest BCUT2D eigenvalue weighted by molar-refractivity contribution is 0.114. The number of nitrogens with zero attached hydrogens (tertiary/aromatic N) is 3. The first-order chi connectivity index (χ1) is 10.5. The fraction of sp³-hybridized carbons (Fsp3) is 0.429. The molecule has 0 saturated carbocycles. The standard InChI is InChI=1S/C14H14BrN3O4/c15-9-3-4-10(19)11-12(9)22-13(16-11)17-5-7-1-2-8(6-17)18(7)14(20)21/h3-4,7-8,19H,1-2,5-6H2,(H,20,21). The third-order valence-electron chi connectivity index (χ3n) is 4.44. The van der Waals surface area contributed by atoms with E-state index in [-0.39, 0.29) is 17.8 Å². The largest absolute Gasteiger partial charge is 0.506 e. The van der Waals surface area contributed by atoms with E-state index >= 15 is 0 Å². The predicted octanol–water partition coefficient (Wildman–Crippen LogP) is 2.63. The SMILES string of the molecule is O=C(O)N1C2CCC1CN(c1nc3c(O)ccc(Br)c3o1)C2. The summed E-state index contributed by atoms with van der Waals surface area (Å²) in [5.41, 5.74) is 0.917. The van der Waals surface area contributed by atoms with Crippen molar-refractivity contribution < 1.29 is 19.4 Å². The highest BCUT2D eigenvalue weighted by atomic mass is 79.9. The molecule has 8 heteroatoms. The number of amides is 1. The van der Waals surface area contributed by atoms with Crippen molar-refractivity contribution in [2.45, 2.75) is 24.9 Å². The smallest absolute Gasteiger partial charge is 0.407 e. The van der Waals surface area contributed by atoms with Gasteiger partial charge in [-0.05, 0) is 40.9 Å². The number of halogens is 1. The topological polar surface area (TPSA) is 90.0 Å². The molecule has 116 valence electrons. The number of phenols is 1. The maximum atomic E-state index is 11.3. The Morgan fingerprint density at radius 3 is 2.59 bits per heavy atom. The number of oxazole rings is 1. The predicted molar refractivity (Wildman–Crippen MR) is 82.3 cm³/mol. The number of carbonyl (C=O) groups is 1. The maximum Gasteiger partial charge on any atom is 0.407 e. The molecule has 1 aromatic heterocycles. The van der Waals surface area contributed by atoms with Crippen molar-refractivity contribution in [3.8, 4) is 5.75 Å². The summed E-state index contributed by atoms with van der Waals surface area (Å²) in [6, 6.07) is 3.65. The van der Waals surface area contributed by atoms with Gasteiger partial charge in [0, 0.05) is 13.1 Å². The molecular formula is C14H14BrN3O4. The number of carboxylic acid groups (broad SMARTS) is 1. The van der Waals surface area contributed by atoms with E-state index in [1.165, 1.54) is 0 Å². The Bertz CT molecular complexity index is 709. The fourth-order valence-electron chi connectivity index (χ4n) is 3.46. The van der Waals surface area contributed by atoms with Crippen molar-refractivity contribution in [3.63, 3.8) is 0 Å². The molecule has 2 bridgehead atoms. The summed E-state index contributed by atoms with van der Waals surface area (Å²) < 4.78 is 6.51.